The molecule has 0 radical (unpaired) electrons. The highest BCUT2D eigenvalue weighted by atomic mass is 35.5. The normalized spacial score (nSPS) is 18.0. The summed E-state index contributed by atoms with van der Waals surface area (Å²) in [6.45, 7) is 0.133. The molecule has 226 valence electrons. The Labute approximate surface area is 247 Å². The van der Waals surface area contributed by atoms with Gasteiger partial charge in [0.05, 0.1) is 22.0 Å². The summed E-state index contributed by atoms with van der Waals surface area (Å²) in [5, 5.41) is 10.4. The van der Waals surface area contributed by atoms with Crippen molar-refractivity contribution in [3.8, 4) is 5.75 Å². The third-order valence-electron chi connectivity index (χ3n) is 6.82. The zero-order valence-corrected chi connectivity index (χ0v) is 24.3. The van der Waals surface area contributed by atoms with Gasteiger partial charge in [0.2, 0.25) is 5.91 Å². The van der Waals surface area contributed by atoms with Crippen LogP contribution in [0.1, 0.15) is 71.8 Å². The van der Waals surface area contributed by atoms with Crippen molar-refractivity contribution < 1.29 is 39.8 Å². The Morgan fingerprint density at radius 3 is 2.62 bits per heavy atom. The van der Waals surface area contributed by atoms with Crippen LogP contribution in [0, 0.1) is 0 Å². The van der Waals surface area contributed by atoms with E-state index in [4.69, 9.17) is 25.6 Å². The first kappa shape index (κ1) is 30.2. The van der Waals surface area contributed by atoms with Crippen molar-refractivity contribution in [2.45, 2.75) is 50.7 Å². The zero-order chi connectivity index (χ0) is 30.2. The molecule has 1 fully saturated rings. The molecule has 2 aliphatic heterocycles. The molecule has 1 saturated heterocycles. The second-order valence-corrected chi connectivity index (χ2v) is 12.6. The van der Waals surface area contributed by atoms with E-state index in [2.05, 4.69) is 10.3 Å². The molecule has 10 nitrogen and oxygen atoms in total. The van der Waals surface area contributed by atoms with Gasteiger partial charge < -0.3 is 13.9 Å². The van der Waals surface area contributed by atoms with Gasteiger partial charge in [-0.25, -0.2) is 22.5 Å². The number of benzene rings is 1. The van der Waals surface area contributed by atoms with Gasteiger partial charge in [0, 0.05) is 36.4 Å². The molecule has 0 saturated carbocycles. The van der Waals surface area contributed by atoms with E-state index in [0.29, 0.717) is 60.1 Å². The van der Waals surface area contributed by atoms with Crippen LogP contribution in [-0.2, 0) is 26.3 Å². The summed E-state index contributed by atoms with van der Waals surface area (Å²) in [6, 6.07) is 5.43. The van der Waals surface area contributed by atoms with E-state index in [1.165, 1.54) is 22.3 Å². The maximum absolute atomic E-state index is 13.3. The van der Waals surface area contributed by atoms with Gasteiger partial charge in [-0.3, -0.25) is 9.48 Å². The van der Waals surface area contributed by atoms with Crippen molar-refractivity contribution in [2.24, 2.45) is 5.16 Å². The lowest BCUT2D eigenvalue weighted by Gasteiger charge is -2.31. The Balaban J connectivity index is 1.19. The quantitative estimate of drug-likeness (QED) is 0.223. The van der Waals surface area contributed by atoms with Gasteiger partial charge in [0.25, 0.3) is 12.9 Å². The Bertz CT molecular complexity index is 1610. The number of oxime groups is 1. The second-order valence-electron chi connectivity index (χ2n) is 9.76. The van der Waals surface area contributed by atoms with Gasteiger partial charge in [-0.2, -0.15) is 13.5 Å². The molecule has 2 aromatic heterocycles. The molecule has 42 heavy (non-hydrogen) atoms. The van der Waals surface area contributed by atoms with Crippen LogP contribution in [0.4, 0.5) is 17.6 Å². The monoisotopic (exact) mass is 649 g/mol. The highest BCUT2D eigenvalue weighted by molar-refractivity contribution is 7.86. The Morgan fingerprint density at radius 1 is 1.21 bits per heavy atom. The summed E-state index contributed by atoms with van der Waals surface area (Å²) in [6.07, 6.45) is -4.33. The third-order valence-corrected chi connectivity index (χ3v) is 8.60. The number of hydrogen-bond donors (Lipinski definition) is 0. The topological polar surface area (TPSA) is 116 Å². The van der Waals surface area contributed by atoms with Crippen LogP contribution in [0.15, 0.2) is 34.8 Å². The molecule has 1 aromatic carbocycles. The van der Waals surface area contributed by atoms with Crippen molar-refractivity contribution in [3.63, 3.8) is 0 Å². The van der Waals surface area contributed by atoms with Gasteiger partial charge >= 0.3 is 10.1 Å². The number of carbonyl (C=O) groups excluding carboxylic acids is 1. The number of carbonyl (C=O) groups is 1. The predicted octanol–water partition coefficient (Wildman–Crippen LogP) is 5.48. The van der Waals surface area contributed by atoms with Gasteiger partial charge in [-0.1, -0.05) is 28.9 Å². The minimum atomic E-state index is -3.83. The van der Waals surface area contributed by atoms with E-state index in [1.807, 2.05) is 5.38 Å². The summed E-state index contributed by atoms with van der Waals surface area (Å²) in [5.74, 6) is -0.459. The van der Waals surface area contributed by atoms with Crippen molar-refractivity contribution in [1.29, 1.82) is 0 Å². The summed E-state index contributed by atoms with van der Waals surface area (Å²) >= 11 is 7.61. The minimum absolute atomic E-state index is 0.0177. The fraction of sp³-hybridized carbons (Fsp3) is 0.440. The van der Waals surface area contributed by atoms with E-state index in [0.717, 1.165) is 11.3 Å². The third kappa shape index (κ3) is 6.70. The molecule has 0 spiro atoms. The number of likely N-dealkylation sites (tertiary alicyclic amines) is 1. The fourth-order valence-corrected chi connectivity index (χ4v) is 6.54. The van der Waals surface area contributed by atoms with Crippen molar-refractivity contribution in [1.82, 2.24) is 19.7 Å². The average Bonchev–Trinajstić information content (AvgIpc) is 3.69. The molecule has 1 amide bonds. The molecule has 0 aliphatic carbocycles. The number of para-hydroxylation sites is 1. The molecule has 1 unspecified atom stereocenters. The van der Waals surface area contributed by atoms with Crippen molar-refractivity contribution in [2.75, 3.05) is 19.3 Å². The van der Waals surface area contributed by atoms with Crippen LogP contribution < -0.4 is 4.18 Å². The van der Waals surface area contributed by atoms with Gasteiger partial charge in [0.1, 0.15) is 23.6 Å². The summed E-state index contributed by atoms with van der Waals surface area (Å²) in [7, 11) is -3.83. The Kier molecular flexibility index (Phi) is 8.76. The molecular formula is C25H24ClF4N5O5S2. The standard InChI is InChI=1S/C25H24ClF4N5O5S2/c1-42(37,38)40-22-14(3-2-4-15(22)26)20-10-16(33-39-20)18-12-41-25(31-18)13-5-7-34(8-6-13)21(36)11-35-19(24(29)30)9-17(32-35)23(27)28/h2-4,9,12-13,20,23-24H,5-8,10-11H2,1H3. The molecule has 3 aromatic rings. The number of rotatable bonds is 9. The lowest BCUT2D eigenvalue weighted by atomic mass is 9.97. The van der Waals surface area contributed by atoms with E-state index in [9.17, 15) is 30.8 Å². The van der Waals surface area contributed by atoms with Crippen LogP contribution in [-0.4, -0.2) is 59.0 Å². The summed E-state index contributed by atoms with van der Waals surface area (Å²) in [4.78, 5) is 24.5. The molecule has 0 bridgehead atoms. The number of thiazole rings is 1. The highest BCUT2D eigenvalue weighted by Crippen LogP contribution is 2.40. The largest absolute Gasteiger partial charge is 0.387 e. The maximum atomic E-state index is 13.3. The van der Waals surface area contributed by atoms with E-state index in [-0.39, 0.29) is 16.7 Å². The van der Waals surface area contributed by atoms with Crippen LogP contribution in [0.3, 0.4) is 0 Å². The first-order valence-corrected chi connectivity index (χ1v) is 15.7. The molecule has 17 heteroatoms. The Morgan fingerprint density at radius 2 is 1.95 bits per heavy atom. The smallest absolute Gasteiger partial charge is 0.306 e. The van der Waals surface area contributed by atoms with E-state index in [1.54, 1.807) is 12.1 Å². The summed E-state index contributed by atoms with van der Waals surface area (Å²) < 4.78 is 81.6. The van der Waals surface area contributed by atoms with Crippen molar-refractivity contribution in [3.05, 3.63) is 62.3 Å². The SMILES string of the molecule is CS(=O)(=O)Oc1c(Cl)cccc1C1CC(c2csc(C3CCN(C(=O)Cn4nc(C(F)F)cc4C(F)F)CC3)n2)=NO1. The molecule has 0 N–H and O–H groups in total. The van der Waals surface area contributed by atoms with Crippen LogP contribution in [0.5, 0.6) is 5.75 Å². The van der Waals surface area contributed by atoms with Crippen LogP contribution in [0.25, 0.3) is 0 Å². The van der Waals surface area contributed by atoms with Gasteiger partial charge in [-0.05, 0) is 25.0 Å². The maximum Gasteiger partial charge on any atom is 0.306 e. The fourth-order valence-electron chi connectivity index (χ4n) is 4.79. The zero-order valence-electron chi connectivity index (χ0n) is 21.9. The Hall–Kier alpha value is -3.24. The number of alkyl halides is 4. The molecular weight excluding hydrogens is 626 g/mol. The highest BCUT2D eigenvalue weighted by Gasteiger charge is 2.32. The average molecular weight is 650 g/mol. The van der Waals surface area contributed by atoms with Crippen LogP contribution >= 0.6 is 22.9 Å². The number of nitrogens with zero attached hydrogens (tertiary/aromatic N) is 5. The second kappa shape index (κ2) is 12.2. The minimum Gasteiger partial charge on any atom is -0.387 e. The number of hydrogen-bond acceptors (Lipinski definition) is 9. The number of piperidine rings is 1. The van der Waals surface area contributed by atoms with Gasteiger partial charge in [0.15, 0.2) is 11.9 Å². The number of halogens is 5. The predicted molar refractivity (Wildman–Crippen MR) is 145 cm³/mol. The number of aromatic nitrogens is 3. The van der Waals surface area contributed by atoms with E-state index >= 15 is 0 Å². The van der Waals surface area contributed by atoms with E-state index < -0.39 is 52.9 Å². The first-order valence-electron chi connectivity index (χ1n) is 12.7. The molecule has 2 aliphatic rings. The molecule has 5 rings (SSSR count). The first-order chi connectivity index (χ1) is 19.9. The van der Waals surface area contributed by atoms with Gasteiger partial charge in [-0.15, -0.1) is 11.3 Å². The molecule has 4 heterocycles. The number of amides is 1. The molecule has 1 atom stereocenters. The van der Waals surface area contributed by atoms with Crippen molar-refractivity contribution >= 4 is 44.7 Å². The lowest BCUT2D eigenvalue weighted by Crippen LogP contribution is -2.40. The lowest BCUT2D eigenvalue weighted by molar-refractivity contribution is -0.133. The van der Waals surface area contributed by atoms with Crippen LogP contribution in [0.2, 0.25) is 5.02 Å². The summed E-state index contributed by atoms with van der Waals surface area (Å²) in [5.41, 5.74) is 0.0873.